The van der Waals surface area contributed by atoms with E-state index in [2.05, 4.69) is 12.6 Å². The van der Waals surface area contributed by atoms with Gasteiger partial charge in [0.05, 0.1) is 0 Å². The van der Waals surface area contributed by atoms with Crippen LogP contribution in [0.4, 0.5) is 0 Å². The predicted octanol–water partition coefficient (Wildman–Crippen LogP) is 6.62. The Morgan fingerprint density at radius 3 is 1.34 bits per heavy atom. The Bertz CT molecular complexity index is 1600. The number of rotatable bonds is 12. The van der Waals surface area contributed by atoms with E-state index in [1.807, 2.05) is 88.4 Å². The average molecular weight is 721 g/mol. The van der Waals surface area contributed by atoms with Crippen molar-refractivity contribution >= 4 is 45.9 Å². The molecule has 0 aromatic heterocycles. The van der Waals surface area contributed by atoms with Gasteiger partial charge in [-0.25, -0.2) is 9.59 Å². The Balaban J connectivity index is 0.000000286. The van der Waals surface area contributed by atoms with Crippen LogP contribution in [0.5, 0.6) is 11.5 Å². The fourth-order valence-electron chi connectivity index (χ4n) is 4.52. The molecule has 0 spiro atoms. The molecule has 13 heteroatoms. The molecule has 0 saturated carbocycles. The van der Waals surface area contributed by atoms with Crippen molar-refractivity contribution in [2.75, 3.05) is 0 Å². The number of carboxylic acids is 2. The van der Waals surface area contributed by atoms with Gasteiger partial charge in [0, 0.05) is 23.6 Å². The monoisotopic (exact) mass is 720 g/mol. The van der Waals surface area contributed by atoms with Gasteiger partial charge in [-0.1, -0.05) is 101 Å². The summed E-state index contributed by atoms with van der Waals surface area (Å²) >= 11 is -2.61. The van der Waals surface area contributed by atoms with Crippen LogP contribution in [0.1, 0.15) is 51.7 Å². The van der Waals surface area contributed by atoms with Crippen molar-refractivity contribution in [3.8, 4) is 11.5 Å². The van der Waals surface area contributed by atoms with Crippen LogP contribution in [0.3, 0.4) is 0 Å². The zero-order chi connectivity index (χ0) is 34.9. The number of aliphatic carboxylic acids is 2. The normalized spacial score (nSPS) is 13.5. The Labute approximate surface area is 287 Å². The average Bonchev–Trinajstić information content (AvgIpc) is 3.07. The first-order valence-electron chi connectivity index (χ1n) is 14.7. The van der Waals surface area contributed by atoms with Gasteiger partial charge in [0.15, 0.2) is 0 Å². The summed E-state index contributed by atoms with van der Waals surface area (Å²) in [7, 11) is 0. The molecule has 0 saturated heterocycles. The van der Waals surface area contributed by atoms with Crippen LogP contribution < -0.4 is 0 Å². The van der Waals surface area contributed by atoms with Gasteiger partial charge in [-0.05, 0) is 45.5 Å². The molecule has 0 aliphatic rings. The quantitative estimate of drug-likeness (QED) is 0.117. The van der Waals surface area contributed by atoms with Gasteiger partial charge in [0.2, 0.25) is 0 Å². The molecule has 11 nitrogen and oxygen atoms in total. The van der Waals surface area contributed by atoms with E-state index in [1.54, 1.807) is 12.1 Å². The van der Waals surface area contributed by atoms with Gasteiger partial charge >= 0.3 is 55.0 Å². The molecule has 0 bridgehead atoms. The van der Waals surface area contributed by atoms with Gasteiger partial charge in [0.1, 0.15) is 23.6 Å². The van der Waals surface area contributed by atoms with Crippen molar-refractivity contribution in [3.63, 3.8) is 0 Å². The third-order valence-electron chi connectivity index (χ3n) is 7.56. The van der Waals surface area contributed by atoms with Crippen LogP contribution >= 0.6 is 0 Å². The summed E-state index contributed by atoms with van der Waals surface area (Å²) in [5.74, 6) is -1.80. The summed E-state index contributed by atoms with van der Waals surface area (Å²) in [6.45, 7) is 7.59. The molecule has 4 atom stereocenters. The molecule has 0 aliphatic carbocycles. The van der Waals surface area contributed by atoms with E-state index >= 15 is 0 Å². The number of hydrogen-bond donors (Lipinski definition) is 4. The van der Waals surface area contributed by atoms with E-state index in [-0.39, 0.29) is 23.3 Å². The van der Waals surface area contributed by atoms with Gasteiger partial charge in [-0.3, -0.25) is 9.98 Å². The topological polar surface area (TPSA) is 183 Å². The SMILES string of the molecule is CC[C@H](C)[C@H](N=Cc1c(O)ccc2ccccc12)C(=O)O.CC[C@H](C)[C@H](N=Cc1c(O)ccc2ccccc12)C(=O)O.[O]=[V][O][V]=[O]. The van der Waals surface area contributed by atoms with E-state index in [4.69, 9.17) is 0 Å². The minimum absolute atomic E-state index is 0.0594. The third-order valence-corrected chi connectivity index (χ3v) is 8.63. The molecule has 0 unspecified atom stereocenters. The Hall–Kier alpha value is -3.99. The van der Waals surface area contributed by atoms with Crippen LogP contribution in [-0.2, 0) is 52.7 Å². The van der Waals surface area contributed by atoms with Crippen LogP contribution in [0, 0.1) is 11.8 Å². The molecule has 0 amide bonds. The molecule has 47 heavy (non-hydrogen) atoms. The molecule has 4 rings (SSSR count). The van der Waals surface area contributed by atoms with Crippen molar-refractivity contribution in [2.45, 2.75) is 52.6 Å². The van der Waals surface area contributed by atoms with E-state index < -0.39 is 57.2 Å². The van der Waals surface area contributed by atoms with E-state index in [0.717, 1.165) is 34.4 Å². The third kappa shape index (κ3) is 11.6. The van der Waals surface area contributed by atoms with Gasteiger partial charge in [-0.2, -0.15) is 0 Å². The number of fused-ring (bicyclic) bond motifs is 2. The van der Waals surface area contributed by atoms with Gasteiger partial charge in [-0.15, -0.1) is 0 Å². The number of hydrogen-bond acceptors (Lipinski definition) is 9. The summed E-state index contributed by atoms with van der Waals surface area (Å²) in [5, 5.41) is 42.2. The zero-order valence-electron chi connectivity index (χ0n) is 26.4. The van der Waals surface area contributed by atoms with Crippen molar-refractivity contribution in [1.82, 2.24) is 0 Å². The first kappa shape index (κ1) is 39.2. The number of carboxylic acid groups (broad SMARTS) is 2. The van der Waals surface area contributed by atoms with E-state index in [0.29, 0.717) is 11.1 Å². The number of carbonyl (C=O) groups is 2. The second-order valence-corrected chi connectivity index (χ2v) is 12.3. The summed E-state index contributed by atoms with van der Waals surface area (Å²) < 4.78 is 22.4. The van der Waals surface area contributed by atoms with Crippen LogP contribution in [0.15, 0.2) is 82.8 Å². The van der Waals surface area contributed by atoms with Crippen LogP contribution in [0.2, 0.25) is 0 Å². The zero-order valence-corrected chi connectivity index (χ0v) is 29.2. The van der Waals surface area contributed by atoms with Gasteiger partial charge < -0.3 is 20.4 Å². The first-order chi connectivity index (χ1) is 22.5. The number of nitrogens with zero attached hydrogens (tertiary/aromatic N) is 2. The number of phenols is 2. The fourth-order valence-corrected chi connectivity index (χ4v) is 4.74. The number of aliphatic imine (C=N–C) groups is 2. The Kier molecular flexibility index (Phi) is 16.9. The molecule has 0 heterocycles. The molecule has 4 aromatic rings. The second-order valence-electron chi connectivity index (χ2n) is 10.6. The second kappa shape index (κ2) is 20.3. The van der Waals surface area contributed by atoms with Crippen molar-refractivity contribution < 1.29 is 73.1 Å². The van der Waals surface area contributed by atoms with Crippen molar-refractivity contribution in [1.29, 1.82) is 0 Å². The van der Waals surface area contributed by atoms with E-state index in [9.17, 15) is 37.4 Å². The molecule has 248 valence electrons. The van der Waals surface area contributed by atoms with Crippen LogP contribution in [0.25, 0.3) is 21.5 Å². The maximum absolute atomic E-state index is 11.3. The first-order valence-corrected chi connectivity index (χ1v) is 17.0. The standard InChI is InChI=1S/2C17H19NO3.3O.2V/c2*1-3-11(2)16(17(20)21)18-10-14-13-7-5-4-6-12(13)8-9-15(14)19;;;;;/h2*4-11,16,19H,3H2,1-2H3,(H,20,21);;;;;/t2*11-,16-;;;;;/m00...../s1. The molecule has 0 fully saturated rings. The molecular weight excluding hydrogens is 682 g/mol. The van der Waals surface area contributed by atoms with Crippen molar-refractivity contribution in [2.24, 2.45) is 21.8 Å². The van der Waals surface area contributed by atoms with Gasteiger partial charge in [0.25, 0.3) is 0 Å². The maximum atomic E-state index is 11.3. The molecular formula is C34H38N2O9V2. The Morgan fingerprint density at radius 2 is 1.04 bits per heavy atom. The van der Waals surface area contributed by atoms with Crippen LogP contribution in [-0.4, -0.2) is 56.9 Å². The summed E-state index contributed by atoms with van der Waals surface area (Å²) in [5.41, 5.74) is 1.12. The molecule has 0 aliphatic heterocycles. The summed E-state index contributed by atoms with van der Waals surface area (Å²) in [6.07, 6.45) is 4.41. The van der Waals surface area contributed by atoms with Crippen molar-refractivity contribution in [3.05, 3.63) is 83.9 Å². The fraction of sp³-hybridized carbons (Fsp3) is 0.294. The summed E-state index contributed by atoms with van der Waals surface area (Å²) in [6, 6.07) is 20.5. The molecule has 4 aromatic carbocycles. The molecule has 0 radical (unpaired) electrons. The Morgan fingerprint density at radius 1 is 0.681 bits per heavy atom. The number of benzene rings is 4. The predicted molar refractivity (Wildman–Crippen MR) is 171 cm³/mol. The number of phenolic OH excluding ortho intramolecular Hbond substituents is 2. The number of aromatic hydroxyl groups is 2. The van der Waals surface area contributed by atoms with E-state index in [1.165, 1.54) is 12.4 Å². The molecule has 4 N–H and O–H groups in total. The summed E-state index contributed by atoms with van der Waals surface area (Å²) in [4.78, 5) is 31.0. The minimum atomic E-state index is -1.30.